The number of aryl methyl sites for hydroxylation is 2. The van der Waals surface area contributed by atoms with E-state index in [4.69, 9.17) is 0 Å². The lowest BCUT2D eigenvalue weighted by Crippen LogP contribution is -2.27. The van der Waals surface area contributed by atoms with Gasteiger partial charge in [0, 0.05) is 5.56 Å². The summed E-state index contributed by atoms with van der Waals surface area (Å²) in [4.78, 5) is 12.3. The first kappa shape index (κ1) is 13.3. The van der Waals surface area contributed by atoms with Crippen LogP contribution in [-0.2, 0) is 0 Å². The molecule has 0 radical (unpaired) electrons. The summed E-state index contributed by atoms with van der Waals surface area (Å²) in [6, 6.07) is 15.9. The molecule has 1 N–H and O–H groups in total. The van der Waals surface area contributed by atoms with Gasteiger partial charge in [0.2, 0.25) is 0 Å². The highest BCUT2D eigenvalue weighted by Crippen LogP contribution is 2.15. The lowest BCUT2D eigenvalue weighted by atomic mass is 10.0. The molecule has 2 aromatic rings. The van der Waals surface area contributed by atoms with Gasteiger partial charge in [-0.15, -0.1) is 0 Å². The minimum absolute atomic E-state index is 0.00797. The number of hydrogen-bond acceptors (Lipinski definition) is 1. The van der Waals surface area contributed by atoms with Crippen LogP contribution < -0.4 is 5.32 Å². The van der Waals surface area contributed by atoms with E-state index in [1.165, 1.54) is 0 Å². The van der Waals surface area contributed by atoms with Crippen molar-refractivity contribution in [1.29, 1.82) is 0 Å². The van der Waals surface area contributed by atoms with Crippen molar-refractivity contribution < 1.29 is 4.79 Å². The predicted molar refractivity (Wildman–Crippen MR) is 78.2 cm³/mol. The zero-order valence-corrected chi connectivity index (χ0v) is 11.6. The van der Waals surface area contributed by atoms with Crippen LogP contribution >= 0.6 is 0 Å². The molecule has 0 aliphatic heterocycles. The molecule has 0 spiro atoms. The van der Waals surface area contributed by atoms with Gasteiger partial charge in [-0.3, -0.25) is 4.79 Å². The van der Waals surface area contributed by atoms with Crippen LogP contribution in [0.15, 0.2) is 48.5 Å². The van der Waals surface area contributed by atoms with E-state index in [1.54, 1.807) is 0 Å². The second-order valence-electron chi connectivity index (χ2n) is 4.92. The molecular weight excluding hydrogens is 234 g/mol. The van der Waals surface area contributed by atoms with Gasteiger partial charge in [0.05, 0.1) is 6.04 Å². The average Bonchev–Trinajstić information content (AvgIpc) is 2.42. The summed E-state index contributed by atoms with van der Waals surface area (Å²) >= 11 is 0. The van der Waals surface area contributed by atoms with Crippen LogP contribution in [0.4, 0.5) is 0 Å². The number of rotatable bonds is 3. The van der Waals surface area contributed by atoms with Crippen LogP contribution in [-0.4, -0.2) is 5.91 Å². The van der Waals surface area contributed by atoms with E-state index < -0.39 is 0 Å². The number of hydrogen-bond donors (Lipinski definition) is 1. The second-order valence-corrected chi connectivity index (χ2v) is 4.92. The van der Waals surface area contributed by atoms with Gasteiger partial charge in [-0.05, 0) is 38.0 Å². The van der Waals surface area contributed by atoms with Crippen LogP contribution in [0, 0.1) is 13.8 Å². The van der Waals surface area contributed by atoms with Crippen LogP contribution in [0.25, 0.3) is 0 Å². The van der Waals surface area contributed by atoms with Crippen molar-refractivity contribution in [2.75, 3.05) is 0 Å². The van der Waals surface area contributed by atoms with Crippen LogP contribution in [0.3, 0.4) is 0 Å². The fourth-order valence-electron chi connectivity index (χ4n) is 2.08. The highest BCUT2D eigenvalue weighted by molar-refractivity contribution is 5.96. The molecule has 0 unspecified atom stereocenters. The fourth-order valence-corrected chi connectivity index (χ4v) is 2.08. The van der Waals surface area contributed by atoms with Crippen molar-refractivity contribution >= 4 is 5.91 Å². The Morgan fingerprint density at radius 2 is 1.74 bits per heavy atom. The maximum Gasteiger partial charge on any atom is 0.252 e. The molecule has 2 heteroatoms. The molecule has 0 saturated heterocycles. The zero-order valence-electron chi connectivity index (χ0n) is 11.6. The van der Waals surface area contributed by atoms with Gasteiger partial charge in [-0.25, -0.2) is 0 Å². The van der Waals surface area contributed by atoms with Crippen molar-refractivity contribution in [1.82, 2.24) is 5.32 Å². The molecular formula is C17H19NO. The van der Waals surface area contributed by atoms with E-state index in [-0.39, 0.29) is 11.9 Å². The Labute approximate surface area is 114 Å². The number of benzene rings is 2. The number of carbonyl (C=O) groups is 1. The maximum atomic E-state index is 12.3. The summed E-state index contributed by atoms with van der Waals surface area (Å²) in [6.07, 6.45) is 0. The fraction of sp³-hybridized carbons (Fsp3) is 0.235. The van der Waals surface area contributed by atoms with E-state index in [1.807, 2.05) is 69.3 Å². The molecule has 2 aromatic carbocycles. The molecule has 98 valence electrons. The van der Waals surface area contributed by atoms with Gasteiger partial charge in [0.25, 0.3) is 5.91 Å². The summed E-state index contributed by atoms with van der Waals surface area (Å²) in [6.45, 7) is 5.96. The first-order chi connectivity index (χ1) is 9.08. The molecule has 2 nitrogen and oxygen atoms in total. The van der Waals surface area contributed by atoms with Gasteiger partial charge >= 0.3 is 0 Å². The largest absolute Gasteiger partial charge is 0.346 e. The van der Waals surface area contributed by atoms with E-state index in [2.05, 4.69) is 5.32 Å². The Hall–Kier alpha value is -2.09. The monoisotopic (exact) mass is 253 g/mol. The molecule has 1 amide bonds. The maximum absolute atomic E-state index is 12.3. The van der Waals surface area contributed by atoms with E-state index in [0.717, 1.165) is 22.3 Å². The number of amides is 1. The Morgan fingerprint density at radius 3 is 2.42 bits per heavy atom. The quantitative estimate of drug-likeness (QED) is 0.885. The van der Waals surface area contributed by atoms with Gasteiger partial charge in [-0.2, -0.15) is 0 Å². The van der Waals surface area contributed by atoms with Crippen LogP contribution in [0.2, 0.25) is 0 Å². The molecule has 19 heavy (non-hydrogen) atoms. The lowest BCUT2D eigenvalue weighted by molar-refractivity contribution is 0.0939. The van der Waals surface area contributed by atoms with E-state index in [0.29, 0.717) is 0 Å². The van der Waals surface area contributed by atoms with Gasteiger partial charge < -0.3 is 5.32 Å². The third-order valence-electron chi connectivity index (χ3n) is 3.28. The Balaban J connectivity index is 2.15. The third kappa shape index (κ3) is 3.22. The topological polar surface area (TPSA) is 29.1 Å². The van der Waals surface area contributed by atoms with Crippen LogP contribution in [0.1, 0.15) is 40.0 Å². The third-order valence-corrected chi connectivity index (χ3v) is 3.28. The summed E-state index contributed by atoms with van der Waals surface area (Å²) in [5.41, 5.74) is 3.97. The molecule has 0 fully saturated rings. The Kier molecular flexibility index (Phi) is 4.00. The summed E-state index contributed by atoms with van der Waals surface area (Å²) in [5, 5.41) is 3.04. The smallest absolute Gasteiger partial charge is 0.252 e. The molecule has 1 atom stereocenters. The molecule has 0 aliphatic rings. The van der Waals surface area contributed by atoms with E-state index in [9.17, 15) is 4.79 Å². The van der Waals surface area contributed by atoms with Crippen molar-refractivity contribution in [3.63, 3.8) is 0 Å². The normalized spacial score (nSPS) is 11.9. The van der Waals surface area contributed by atoms with Gasteiger partial charge in [-0.1, -0.05) is 48.0 Å². The highest BCUT2D eigenvalue weighted by atomic mass is 16.1. The number of carbonyl (C=O) groups excluding carboxylic acids is 1. The lowest BCUT2D eigenvalue weighted by Gasteiger charge is -2.15. The molecule has 0 aliphatic carbocycles. The summed E-state index contributed by atoms with van der Waals surface area (Å²) in [7, 11) is 0. The molecule has 0 bridgehead atoms. The first-order valence-electron chi connectivity index (χ1n) is 6.51. The molecule has 0 saturated carbocycles. The Bertz CT molecular complexity index is 575. The van der Waals surface area contributed by atoms with Gasteiger partial charge in [0.1, 0.15) is 0 Å². The van der Waals surface area contributed by atoms with Crippen LogP contribution in [0.5, 0.6) is 0 Å². The number of nitrogens with one attached hydrogen (secondary N) is 1. The molecule has 0 heterocycles. The highest BCUT2D eigenvalue weighted by Gasteiger charge is 2.13. The zero-order chi connectivity index (χ0) is 13.8. The second kappa shape index (κ2) is 5.70. The minimum Gasteiger partial charge on any atom is -0.346 e. The first-order valence-corrected chi connectivity index (χ1v) is 6.51. The minimum atomic E-state index is -0.0162. The van der Waals surface area contributed by atoms with Crippen molar-refractivity contribution in [3.8, 4) is 0 Å². The summed E-state index contributed by atoms with van der Waals surface area (Å²) in [5.74, 6) is -0.0162. The summed E-state index contributed by atoms with van der Waals surface area (Å²) < 4.78 is 0. The SMILES string of the molecule is Cc1ccc(C)c(C(=O)N[C@@H](C)c2ccccc2)c1. The standard InChI is InChI=1S/C17H19NO/c1-12-9-10-13(2)16(11-12)17(19)18-14(3)15-7-5-4-6-8-15/h4-11,14H,1-3H3,(H,18,19)/t14-/m0/s1. The van der Waals surface area contributed by atoms with E-state index >= 15 is 0 Å². The van der Waals surface area contributed by atoms with Crippen molar-refractivity contribution in [2.24, 2.45) is 0 Å². The molecule has 0 aromatic heterocycles. The molecule has 2 rings (SSSR count). The van der Waals surface area contributed by atoms with Crippen molar-refractivity contribution in [3.05, 3.63) is 70.8 Å². The average molecular weight is 253 g/mol. The van der Waals surface area contributed by atoms with Crippen molar-refractivity contribution in [2.45, 2.75) is 26.8 Å². The predicted octanol–water partition coefficient (Wildman–Crippen LogP) is 3.79. The van der Waals surface area contributed by atoms with Gasteiger partial charge in [0.15, 0.2) is 0 Å². The Morgan fingerprint density at radius 1 is 1.05 bits per heavy atom.